The Bertz CT molecular complexity index is 332. The zero-order chi connectivity index (χ0) is 10.7. The Kier molecular flexibility index (Phi) is 3.37. The van der Waals surface area contributed by atoms with Crippen LogP contribution in [0.3, 0.4) is 0 Å². The molecule has 0 aromatic heterocycles. The van der Waals surface area contributed by atoms with Crippen LogP contribution in [0.15, 0.2) is 18.2 Å². The third kappa shape index (κ3) is 2.37. The third-order valence-electron chi connectivity index (χ3n) is 2.93. The van der Waals surface area contributed by atoms with Crippen LogP contribution in [0.2, 0.25) is 5.02 Å². The normalized spacial score (nSPS) is 16.5. The molecule has 3 heteroatoms. The van der Waals surface area contributed by atoms with Gasteiger partial charge in [-0.2, -0.15) is 0 Å². The van der Waals surface area contributed by atoms with E-state index in [4.69, 9.17) is 11.6 Å². The van der Waals surface area contributed by atoms with E-state index in [-0.39, 0.29) is 0 Å². The number of nitrogens with one attached hydrogen (secondary N) is 1. The van der Waals surface area contributed by atoms with E-state index in [0.717, 1.165) is 23.8 Å². The molecule has 82 valence electrons. The lowest BCUT2D eigenvalue weighted by Gasteiger charge is -2.29. The van der Waals surface area contributed by atoms with Crippen molar-refractivity contribution in [2.45, 2.75) is 19.3 Å². The molecular weight excluding hydrogens is 208 g/mol. The van der Waals surface area contributed by atoms with Crippen molar-refractivity contribution in [1.82, 2.24) is 0 Å². The fourth-order valence-electron chi connectivity index (χ4n) is 2.05. The maximum Gasteiger partial charge on any atom is 0.0660 e. The molecule has 1 aromatic rings. The van der Waals surface area contributed by atoms with E-state index in [1.165, 1.54) is 24.9 Å². The van der Waals surface area contributed by atoms with E-state index < -0.39 is 0 Å². The fraction of sp³-hybridized carbons (Fsp3) is 0.500. The van der Waals surface area contributed by atoms with Crippen LogP contribution < -0.4 is 10.2 Å². The summed E-state index contributed by atoms with van der Waals surface area (Å²) < 4.78 is 0. The first-order chi connectivity index (χ1) is 7.31. The molecule has 1 fully saturated rings. The van der Waals surface area contributed by atoms with Gasteiger partial charge in [0.15, 0.2) is 0 Å². The highest BCUT2D eigenvalue weighted by atomic mass is 35.5. The molecule has 2 rings (SSSR count). The molecule has 1 aliphatic heterocycles. The summed E-state index contributed by atoms with van der Waals surface area (Å²) in [6, 6.07) is 6.18. The monoisotopic (exact) mass is 224 g/mol. The number of anilines is 2. The quantitative estimate of drug-likeness (QED) is 0.829. The first-order valence-electron chi connectivity index (χ1n) is 5.53. The minimum Gasteiger partial charge on any atom is -0.388 e. The lowest BCUT2D eigenvalue weighted by molar-refractivity contribution is 0.578. The van der Waals surface area contributed by atoms with Gasteiger partial charge in [-0.3, -0.25) is 0 Å². The molecule has 0 amide bonds. The highest BCUT2D eigenvalue weighted by Gasteiger charge is 2.13. The Morgan fingerprint density at radius 1 is 1.20 bits per heavy atom. The van der Waals surface area contributed by atoms with Gasteiger partial charge in [-0.15, -0.1) is 0 Å². The molecule has 15 heavy (non-hydrogen) atoms. The summed E-state index contributed by atoms with van der Waals surface area (Å²) in [7, 11) is 1.91. The summed E-state index contributed by atoms with van der Waals surface area (Å²) in [6.07, 6.45) is 3.91. The van der Waals surface area contributed by atoms with Gasteiger partial charge in [0.25, 0.3) is 0 Å². The van der Waals surface area contributed by atoms with Crippen molar-refractivity contribution < 1.29 is 0 Å². The number of hydrogen-bond acceptors (Lipinski definition) is 2. The lowest BCUT2D eigenvalue weighted by Crippen LogP contribution is -2.29. The topological polar surface area (TPSA) is 15.3 Å². The van der Waals surface area contributed by atoms with E-state index in [9.17, 15) is 0 Å². The van der Waals surface area contributed by atoms with E-state index >= 15 is 0 Å². The van der Waals surface area contributed by atoms with Crippen LogP contribution in [0, 0.1) is 0 Å². The van der Waals surface area contributed by atoms with Gasteiger partial charge in [-0.05, 0) is 37.5 Å². The highest BCUT2D eigenvalue weighted by Crippen LogP contribution is 2.30. The Morgan fingerprint density at radius 3 is 2.53 bits per heavy atom. The number of benzene rings is 1. The van der Waals surface area contributed by atoms with E-state index in [1.807, 2.05) is 13.1 Å². The molecule has 1 N–H and O–H groups in total. The number of nitrogens with zero attached hydrogens (tertiary/aromatic N) is 1. The standard InChI is InChI=1S/C12H17ClN2/c1-14-10-5-6-12(11(13)9-10)15-7-3-2-4-8-15/h5-6,9,14H,2-4,7-8H2,1H3. The van der Waals surface area contributed by atoms with Gasteiger partial charge in [-0.1, -0.05) is 11.6 Å². The number of halogens is 1. The molecule has 1 aliphatic rings. The minimum absolute atomic E-state index is 0.851. The molecule has 0 unspecified atom stereocenters. The maximum atomic E-state index is 6.26. The maximum absolute atomic E-state index is 6.26. The van der Waals surface area contributed by atoms with Crippen LogP contribution in [-0.2, 0) is 0 Å². The second kappa shape index (κ2) is 4.75. The number of rotatable bonds is 2. The smallest absolute Gasteiger partial charge is 0.0660 e. The fourth-order valence-corrected chi connectivity index (χ4v) is 2.35. The molecule has 0 bridgehead atoms. The molecule has 0 spiro atoms. The predicted molar refractivity (Wildman–Crippen MR) is 67.1 cm³/mol. The van der Waals surface area contributed by atoms with Crippen molar-refractivity contribution in [2.75, 3.05) is 30.4 Å². The van der Waals surface area contributed by atoms with E-state index in [1.54, 1.807) is 0 Å². The summed E-state index contributed by atoms with van der Waals surface area (Å²) in [6.45, 7) is 2.28. The van der Waals surface area contributed by atoms with Gasteiger partial charge in [0, 0.05) is 25.8 Å². The number of hydrogen-bond donors (Lipinski definition) is 1. The summed E-state index contributed by atoms with van der Waals surface area (Å²) in [5.74, 6) is 0. The van der Waals surface area contributed by atoms with Gasteiger partial charge in [0.2, 0.25) is 0 Å². The second-order valence-corrected chi connectivity index (χ2v) is 4.37. The summed E-state index contributed by atoms with van der Waals surface area (Å²) >= 11 is 6.26. The van der Waals surface area contributed by atoms with Gasteiger partial charge < -0.3 is 10.2 Å². The first-order valence-corrected chi connectivity index (χ1v) is 5.91. The highest BCUT2D eigenvalue weighted by molar-refractivity contribution is 6.33. The molecule has 1 aromatic carbocycles. The molecule has 2 nitrogen and oxygen atoms in total. The first kappa shape index (κ1) is 10.6. The molecule has 1 heterocycles. The van der Waals surface area contributed by atoms with Crippen LogP contribution in [0.1, 0.15) is 19.3 Å². The van der Waals surface area contributed by atoms with Crippen molar-refractivity contribution in [2.24, 2.45) is 0 Å². The van der Waals surface area contributed by atoms with Crippen LogP contribution >= 0.6 is 11.6 Å². The lowest BCUT2D eigenvalue weighted by atomic mass is 10.1. The van der Waals surface area contributed by atoms with E-state index in [2.05, 4.69) is 22.3 Å². The molecule has 0 saturated carbocycles. The van der Waals surface area contributed by atoms with Crippen molar-refractivity contribution in [3.63, 3.8) is 0 Å². The Hall–Kier alpha value is -0.890. The predicted octanol–water partition coefficient (Wildman–Crippen LogP) is 3.37. The number of piperidine rings is 1. The zero-order valence-electron chi connectivity index (χ0n) is 9.09. The Labute approximate surface area is 96.2 Å². The van der Waals surface area contributed by atoms with Crippen LogP contribution in [-0.4, -0.2) is 20.1 Å². The average Bonchev–Trinajstić information content (AvgIpc) is 2.30. The van der Waals surface area contributed by atoms with Crippen LogP contribution in [0.5, 0.6) is 0 Å². The summed E-state index contributed by atoms with van der Waals surface area (Å²) in [5, 5.41) is 3.95. The SMILES string of the molecule is CNc1ccc(N2CCCCC2)c(Cl)c1. The zero-order valence-corrected chi connectivity index (χ0v) is 9.85. The molecule has 0 aliphatic carbocycles. The minimum atomic E-state index is 0.851. The van der Waals surface area contributed by atoms with Crippen molar-refractivity contribution in [3.8, 4) is 0 Å². The van der Waals surface area contributed by atoms with E-state index in [0.29, 0.717) is 0 Å². The molecule has 0 atom stereocenters. The second-order valence-electron chi connectivity index (χ2n) is 3.96. The average molecular weight is 225 g/mol. The molecular formula is C12H17ClN2. The third-order valence-corrected chi connectivity index (χ3v) is 3.24. The molecule has 0 radical (unpaired) electrons. The Morgan fingerprint density at radius 2 is 1.93 bits per heavy atom. The van der Waals surface area contributed by atoms with Gasteiger partial charge in [0.05, 0.1) is 10.7 Å². The Balaban J connectivity index is 2.19. The van der Waals surface area contributed by atoms with Gasteiger partial charge in [-0.25, -0.2) is 0 Å². The molecule has 1 saturated heterocycles. The van der Waals surface area contributed by atoms with Crippen LogP contribution in [0.25, 0.3) is 0 Å². The largest absolute Gasteiger partial charge is 0.388 e. The van der Waals surface area contributed by atoms with Gasteiger partial charge in [0.1, 0.15) is 0 Å². The summed E-state index contributed by atoms with van der Waals surface area (Å²) in [5.41, 5.74) is 2.25. The van der Waals surface area contributed by atoms with Crippen molar-refractivity contribution >= 4 is 23.0 Å². The van der Waals surface area contributed by atoms with Crippen molar-refractivity contribution in [1.29, 1.82) is 0 Å². The van der Waals surface area contributed by atoms with Crippen LogP contribution in [0.4, 0.5) is 11.4 Å². The van der Waals surface area contributed by atoms with Crippen molar-refractivity contribution in [3.05, 3.63) is 23.2 Å². The summed E-state index contributed by atoms with van der Waals surface area (Å²) in [4.78, 5) is 2.38. The van der Waals surface area contributed by atoms with Gasteiger partial charge >= 0.3 is 0 Å².